The van der Waals surface area contributed by atoms with E-state index in [1.54, 1.807) is 0 Å². The van der Waals surface area contributed by atoms with Crippen LogP contribution >= 0.6 is 0 Å². The molecule has 34 heavy (non-hydrogen) atoms. The SMILES string of the molecule is O.O.O.O=[N+]([O-])c1cc([N+](=O)[O-])c(Nc2c([N+](=O)[O-])cc([N+](=O)[O-])cc2[N+](=O)[O-])c([N+](=O)[O-])c1. The van der Waals surface area contributed by atoms with Crippen molar-refractivity contribution in [1.82, 2.24) is 0 Å². The highest BCUT2D eigenvalue weighted by Gasteiger charge is 2.36. The number of nitrogens with one attached hydrogen (secondary N) is 1. The maximum absolute atomic E-state index is 11.3. The molecular formula is C12H11N7O15. The van der Waals surface area contributed by atoms with Gasteiger partial charge in [-0.25, -0.2) is 0 Å². The Kier molecular flexibility index (Phi) is 10.1. The van der Waals surface area contributed by atoms with E-state index >= 15 is 0 Å². The minimum Gasteiger partial charge on any atom is -0.412 e. The second-order valence-corrected chi connectivity index (χ2v) is 5.39. The molecule has 0 fully saturated rings. The standard InChI is InChI=1S/C12H5N7O12.3H2O/c20-14(21)5-1-7(16(24)25)11(8(2-5)17(26)27)13-12-9(18(28)29)3-6(15(22)23)4-10(12)19(30)31;;;/h1-4,13H;3*1H2. The van der Waals surface area contributed by atoms with E-state index in [-0.39, 0.29) is 16.4 Å². The predicted octanol–water partition coefficient (Wildman–Crippen LogP) is 0.405. The number of nitro benzene ring substituents is 6. The smallest absolute Gasteiger partial charge is 0.306 e. The normalized spacial score (nSPS) is 9.29. The Hall–Kier alpha value is -5.48. The molecule has 2 aromatic rings. The van der Waals surface area contributed by atoms with Crippen LogP contribution in [0.1, 0.15) is 0 Å². The largest absolute Gasteiger partial charge is 0.412 e. The number of anilines is 2. The molecule has 22 heteroatoms. The number of hydrogen-bond donors (Lipinski definition) is 1. The Balaban J connectivity index is 0. The maximum atomic E-state index is 11.3. The number of hydrogen-bond acceptors (Lipinski definition) is 13. The second kappa shape index (κ2) is 11.2. The molecule has 0 amide bonds. The zero-order valence-electron chi connectivity index (χ0n) is 15.9. The van der Waals surface area contributed by atoms with Gasteiger partial charge in [0.05, 0.1) is 53.8 Å². The molecule has 0 heterocycles. The third-order valence-electron chi connectivity index (χ3n) is 3.62. The summed E-state index contributed by atoms with van der Waals surface area (Å²) in [6, 6.07) is 1.16. The van der Waals surface area contributed by atoms with Crippen LogP contribution in [0.2, 0.25) is 0 Å². The van der Waals surface area contributed by atoms with Crippen LogP contribution in [0.4, 0.5) is 45.5 Å². The fourth-order valence-electron chi connectivity index (χ4n) is 2.36. The van der Waals surface area contributed by atoms with Crippen LogP contribution in [0, 0.1) is 60.7 Å². The van der Waals surface area contributed by atoms with Crippen molar-refractivity contribution in [3.05, 3.63) is 85.0 Å². The van der Waals surface area contributed by atoms with Gasteiger partial charge >= 0.3 is 22.7 Å². The molecule has 2 rings (SSSR count). The molecule has 0 saturated heterocycles. The topological polar surface area (TPSA) is 365 Å². The minimum absolute atomic E-state index is 0. The van der Waals surface area contributed by atoms with E-state index in [1.165, 1.54) is 0 Å². The van der Waals surface area contributed by atoms with Gasteiger partial charge in [-0.2, -0.15) is 0 Å². The monoisotopic (exact) mass is 493 g/mol. The molecule has 0 aliphatic carbocycles. The summed E-state index contributed by atoms with van der Waals surface area (Å²) in [7, 11) is 0. The molecular weight excluding hydrogens is 482 g/mol. The third-order valence-corrected chi connectivity index (χ3v) is 3.62. The Bertz CT molecular complexity index is 1030. The Morgan fingerprint density at radius 3 is 0.794 bits per heavy atom. The van der Waals surface area contributed by atoms with Crippen molar-refractivity contribution in [3.8, 4) is 0 Å². The van der Waals surface area contributed by atoms with Crippen LogP contribution in [0.5, 0.6) is 0 Å². The Labute approximate surface area is 182 Å². The molecule has 0 saturated carbocycles. The molecule has 7 N–H and O–H groups in total. The molecule has 0 aromatic heterocycles. The van der Waals surface area contributed by atoms with E-state index in [0.717, 1.165) is 0 Å². The van der Waals surface area contributed by atoms with E-state index < -0.39 is 75.0 Å². The average Bonchev–Trinajstić information content (AvgIpc) is 2.66. The summed E-state index contributed by atoms with van der Waals surface area (Å²) >= 11 is 0. The molecule has 0 aliphatic rings. The molecule has 0 atom stereocenters. The number of nitrogens with zero attached hydrogens (tertiary/aromatic N) is 6. The number of benzene rings is 2. The van der Waals surface area contributed by atoms with Crippen LogP contribution in [0.15, 0.2) is 24.3 Å². The lowest BCUT2D eigenvalue weighted by atomic mass is 10.1. The van der Waals surface area contributed by atoms with Gasteiger partial charge in [-0.05, 0) is 0 Å². The van der Waals surface area contributed by atoms with E-state index in [2.05, 4.69) is 0 Å². The first-order valence-electron chi connectivity index (χ1n) is 7.34. The van der Waals surface area contributed by atoms with Gasteiger partial charge in [0.2, 0.25) is 0 Å². The van der Waals surface area contributed by atoms with Crippen LogP contribution < -0.4 is 5.32 Å². The van der Waals surface area contributed by atoms with Crippen LogP contribution in [0.25, 0.3) is 0 Å². The van der Waals surface area contributed by atoms with Gasteiger partial charge in [0.25, 0.3) is 11.4 Å². The second-order valence-electron chi connectivity index (χ2n) is 5.39. The van der Waals surface area contributed by atoms with E-state index in [0.29, 0.717) is 24.3 Å². The third kappa shape index (κ3) is 5.81. The quantitative estimate of drug-likeness (QED) is 0.384. The van der Waals surface area contributed by atoms with Crippen molar-refractivity contribution in [2.24, 2.45) is 0 Å². The summed E-state index contributed by atoms with van der Waals surface area (Å²) in [6.45, 7) is 0. The lowest BCUT2D eigenvalue weighted by molar-refractivity contribution is -0.402. The molecule has 0 bridgehead atoms. The first-order valence-corrected chi connectivity index (χ1v) is 7.34. The first-order chi connectivity index (χ1) is 14.3. The van der Waals surface area contributed by atoms with E-state index in [9.17, 15) is 60.7 Å². The molecule has 0 spiro atoms. The summed E-state index contributed by atoms with van der Waals surface area (Å²) in [6.07, 6.45) is 0. The zero-order chi connectivity index (χ0) is 23.6. The van der Waals surface area contributed by atoms with Crippen LogP contribution in [0.3, 0.4) is 0 Å². The van der Waals surface area contributed by atoms with Crippen molar-refractivity contribution >= 4 is 45.5 Å². The molecule has 0 aliphatic heterocycles. The van der Waals surface area contributed by atoms with Crippen molar-refractivity contribution in [1.29, 1.82) is 0 Å². The fourth-order valence-corrected chi connectivity index (χ4v) is 2.36. The maximum Gasteiger partial charge on any atom is 0.306 e. The van der Waals surface area contributed by atoms with Crippen molar-refractivity contribution in [2.75, 3.05) is 5.32 Å². The van der Waals surface area contributed by atoms with Gasteiger partial charge in [-0.3, -0.25) is 60.7 Å². The predicted molar refractivity (Wildman–Crippen MR) is 107 cm³/mol. The fraction of sp³-hybridized carbons (Fsp3) is 0. The van der Waals surface area contributed by atoms with Gasteiger partial charge in [0, 0.05) is 0 Å². The lowest BCUT2D eigenvalue weighted by Crippen LogP contribution is -2.07. The molecule has 184 valence electrons. The molecule has 2 aromatic carbocycles. The summed E-state index contributed by atoms with van der Waals surface area (Å²) in [5, 5.41) is 68.9. The van der Waals surface area contributed by atoms with Gasteiger partial charge < -0.3 is 21.7 Å². The minimum atomic E-state index is -1.30. The Morgan fingerprint density at radius 1 is 0.441 bits per heavy atom. The summed E-state index contributed by atoms with van der Waals surface area (Å²) in [5.41, 5.74) is -9.66. The number of rotatable bonds is 8. The van der Waals surface area contributed by atoms with Crippen molar-refractivity contribution in [2.45, 2.75) is 0 Å². The lowest BCUT2D eigenvalue weighted by Gasteiger charge is -2.09. The molecule has 0 unspecified atom stereocenters. The van der Waals surface area contributed by atoms with Crippen molar-refractivity contribution < 1.29 is 46.0 Å². The van der Waals surface area contributed by atoms with Gasteiger partial charge in [-0.1, -0.05) is 0 Å². The van der Waals surface area contributed by atoms with Crippen LogP contribution in [-0.2, 0) is 0 Å². The van der Waals surface area contributed by atoms with Gasteiger partial charge in [-0.15, -0.1) is 0 Å². The zero-order valence-corrected chi connectivity index (χ0v) is 15.9. The molecule has 0 radical (unpaired) electrons. The Morgan fingerprint density at radius 2 is 0.647 bits per heavy atom. The van der Waals surface area contributed by atoms with E-state index in [4.69, 9.17) is 0 Å². The van der Waals surface area contributed by atoms with E-state index in [1.807, 2.05) is 5.32 Å². The summed E-state index contributed by atoms with van der Waals surface area (Å²) < 4.78 is 0. The molecule has 22 nitrogen and oxygen atoms in total. The van der Waals surface area contributed by atoms with Crippen LogP contribution in [-0.4, -0.2) is 46.0 Å². The highest BCUT2D eigenvalue weighted by Crippen LogP contribution is 2.45. The van der Waals surface area contributed by atoms with Gasteiger partial charge in [0.15, 0.2) is 11.4 Å². The number of nitro groups is 6. The highest BCUT2D eigenvalue weighted by atomic mass is 16.6. The average molecular weight is 493 g/mol. The summed E-state index contributed by atoms with van der Waals surface area (Å²) in [5.74, 6) is 0. The van der Waals surface area contributed by atoms with Crippen molar-refractivity contribution in [3.63, 3.8) is 0 Å². The summed E-state index contributed by atoms with van der Waals surface area (Å²) in [4.78, 5) is 59.5. The first kappa shape index (κ1) is 30.7. The highest BCUT2D eigenvalue weighted by molar-refractivity contribution is 5.88. The number of non-ortho nitro benzene ring substituents is 2. The van der Waals surface area contributed by atoms with Gasteiger partial charge in [0.1, 0.15) is 0 Å².